The minimum Gasteiger partial charge on any atom is -0.302 e. The summed E-state index contributed by atoms with van der Waals surface area (Å²) < 4.78 is 13.7. The lowest BCUT2D eigenvalue weighted by Gasteiger charge is -2.15. The minimum absolute atomic E-state index is 0.141. The molecule has 0 bridgehead atoms. The molecule has 1 aromatic rings. The summed E-state index contributed by atoms with van der Waals surface area (Å²) in [6, 6.07) is 2.90. The normalized spacial score (nSPS) is 14.6. The molecule has 0 unspecified atom stereocenters. The monoisotopic (exact) mass is 221 g/mol. The van der Waals surface area contributed by atoms with E-state index in [1.807, 2.05) is 6.92 Å². The number of rotatable bonds is 2. The second-order valence-corrected chi connectivity index (χ2v) is 3.93. The number of ketones is 1. The number of carbonyl (C=O) groups is 2. The number of fused-ring (bicyclic) bond motifs is 1. The maximum Gasteiger partial charge on any atom is 0.299 e. The highest BCUT2D eigenvalue weighted by atomic mass is 19.1. The molecule has 0 aliphatic carbocycles. The zero-order valence-corrected chi connectivity index (χ0v) is 9.21. The van der Waals surface area contributed by atoms with E-state index in [1.54, 1.807) is 13.0 Å². The summed E-state index contributed by atoms with van der Waals surface area (Å²) in [6.45, 7) is 3.95. The van der Waals surface area contributed by atoms with Gasteiger partial charge in [-0.3, -0.25) is 9.59 Å². The fraction of sp³-hybridized carbons (Fsp3) is 0.333. The molecule has 0 saturated heterocycles. The molecule has 0 aromatic heterocycles. The van der Waals surface area contributed by atoms with Crippen molar-refractivity contribution < 1.29 is 14.0 Å². The fourth-order valence-corrected chi connectivity index (χ4v) is 1.96. The Bertz CT molecular complexity index is 482. The molecule has 1 heterocycles. The topological polar surface area (TPSA) is 37.4 Å². The third-order valence-corrected chi connectivity index (χ3v) is 2.61. The number of halogens is 1. The van der Waals surface area contributed by atoms with Gasteiger partial charge in [0.2, 0.25) is 0 Å². The predicted molar refractivity (Wildman–Crippen MR) is 58.1 cm³/mol. The summed E-state index contributed by atoms with van der Waals surface area (Å²) in [5, 5.41) is 0. The standard InChI is InChI=1S/C12H12FNO2/c1-3-4-14-10-8(11(15)12(14)16)5-7(2)6-9(10)13/h5-6H,3-4H2,1-2H3. The Labute approximate surface area is 92.9 Å². The molecule has 3 nitrogen and oxygen atoms in total. The maximum atomic E-state index is 13.7. The van der Waals surface area contributed by atoms with E-state index in [0.29, 0.717) is 18.5 Å². The second kappa shape index (κ2) is 3.70. The van der Waals surface area contributed by atoms with Crippen LogP contribution >= 0.6 is 0 Å². The van der Waals surface area contributed by atoms with Crippen LogP contribution in [0.1, 0.15) is 29.3 Å². The molecule has 1 amide bonds. The van der Waals surface area contributed by atoms with E-state index in [1.165, 1.54) is 11.0 Å². The zero-order valence-electron chi connectivity index (χ0n) is 9.21. The molecule has 84 valence electrons. The van der Waals surface area contributed by atoms with E-state index >= 15 is 0 Å². The molecule has 0 fully saturated rings. The van der Waals surface area contributed by atoms with Crippen molar-refractivity contribution in [1.82, 2.24) is 0 Å². The van der Waals surface area contributed by atoms with E-state index in [9.17, 15) is 14.0 Å². The molecule has 0 radical (unpaired) electrons. The molecule has 0 N–H and O–H groups in total. The Balaban J connectivity index is 2.60. The number of benzene rings is 1. The Morgan fingerprint density at radius 2 is 2.00 bits per heavy atom. The van der Waals surface area contributed by atoms with Crippen LogP contribution in [-0.2, 0) is 4.79 Å². The first-order valence-electron chi connectivity index (χ1n) is 5.22. The van der Waals surface area contributed by atoms with Crippen LogP contribution in [-0.4, -0.2) is 18.2 Å². The van der Waals surface area contributed by atoms with Crippen LogP contribution in [0.4, 0.5) is 10.1 Å². The molecule has 1 aliphatic heterocycles. The quantitative estimate of drug-likeness (QED) is 0.717. The summed E-state index contributed by atoms with van der Waals surface area (Å²) in [7, 11) is 0. The minimum atomic E-state index is -0.624. The number of hydrogen-bond donors (Lipinski definition) is 0. The number of hydrogen-bond acceptors (Lipinski definition) is 2. The largest absolute Gasteiger partial charge is 0.302 e. The van der Waals surface area contributed by atoms with E-state index in [-0.39, 0.29) is 11.3 Å². The molecular weight excluding hydrogens is 209 g/mol. The molecule has 4 heteroatoms. The highest BCUT2D eigenvalue weighted by Crippen LogP contribution is 2.32. The average molecular weight is 221 g/mol. The van der Waals surface area contributed by atoms with Gasteiger partial charge in [0.15, 0.2) is 0 Å². The van der Waals surface area contributed by atoms with Gasteiger partial charge in [-0.15, -0.1) is 0 Å². The van der Waals surface area contributed by atoms with Crippen LogP contribution in [0, 0.1) is 12.7 Å². The Kier molecular flexibility index (Phi) is 2.50. The highest BCUT2D eigenvalue weighted by molar-refractivity contribution is 6.52. The first kappa shape index (κ1) is 10.8. The lowest BCUT2D eigenvalue weighted by molar-refractivity contribution is -0.114. The van der Waals surface area contributed by atoms with Crippen LogP contribution in [0.5, 0.6) is 0 Å². The first-order chi connectivity index (χ1) is 7.56. The van der Waals surface area contributed by atoms with Crippen molar-refractivity contribution in [2.45, 2.75) is 20.3 Å². The lowest BCUT2D eigenvalue weighted by atomic mass is 10.1. The SMILES string of the molecule is CCCN1C(=O)C(=O)c2cc(C)cc(F)c21. The number of amides is 1. The summed E-state index contributed by atoms with van der Waals surface area (Å²) in [6.07, 6.45) is 0.686. The summed E-state index contributed by atoms with van der Waals surface area (Å²) in [5.41, 5.74) is 0.981. The van der Waals surface area contributed by atoms with Gasteiger partial charge in [-0.2, -0.15) is 0 Å². The van der Waals surface area contributed by atoms with Gasteiger partial charge in [0.05, 0.1) is 11.3 Å². The van der Waals surface area contributed by atoms with Gasteiger partial charge in [0.1, 0.15) is 5.82 Å². The van der Waals surface area contributed by atoms with Crippen LogP contribution in [0.15, 0.2) is 12.1 Å². The predicted octanol–water partition coefficient (Wildman–Crippen LogP) is 2.07. The van der Waals surface area contributed by atoms with Crippen molar-refractivity contribution in [1.29, 1.82) is 0 Å². The van der Waals surface area contributed by atoms with Gasteiger partial charge in [0, 0.05) is 6.54 Å². The van der Waals surface area contributed by atoms with Gasteiger partial charge in [-0.05, 0) is 31.0 Å². The molecule has 1 aliphatic rings. The number of aryl methyl sites for hydroxylation is 1. The van der Waals surface area contributed by atoms with Crippen molar-refractivity contribution in [3.63, 3.8) is 0 Å². The van der Waals surface area contributed by atoms with E-state index in [0.717, 1.165) is 0 Å². The summed E-state index contributed by atoms with van der Waals surface area (Å²) in [5.74, 6) is -1.73. The maximum absolute atomic E-state index is 13.7. The van der Waals surface area contributed by atoms with Crippen molar-refractivity contribution >= 4 is 17.4 Å². The Morgan fingerprint density at radius 3 is 2.62 bits per heavy atom. The van der Waals surface area contributed by atoms with Gasteiger partial charge < -0.3 is 4.90 Å². The summed E-state index contributed by atoms with van der Waals surface area (Å²) >= 11 is 0. The molecule has 2 rings (SSSR count). The first-order valence-corrected chi connectivity index (χ1v) is 5.22. The number of carbonyl (C=O) groups excluding carboxylic acids is 2. The molecule has 0 saturated carbocycles. The van der Waals surface area contributed by atoms with Crippen LogP contribution < -0.4 is 4.90 Å². The third-order valence-electron chi connectivity index (χ3n) is 2.61. The molecule has 1 aromatic carbocycles. The summed E-state index contributed by atoms with van der Waals surface area (Å²) in [4.78, 5) is 24.5. The zero-order chi connectivity index (χ0) is 11.9. The molecule has 0 atom stereocenters. The number of anilines is 1. The van der Waals surface area contributed by atoms with Gasteiger partial charge in [-0.1, -0.05) is 6.92 Å². The van der Waals surface area contributed by atoms with Gasteiger partial charge in [0.25, 0.3) is 11.7 Å². The van der Waals surface area contributed by atoms with Gasteiger partial charge >= 0.3 is 0 Å². The Morgan fingerprint density at radius 1 is 1.31 bits per heavy atom. The van der Waals surface area contributed by atoms with Crippen molar-refractivity contribution in [3.05, 3.63) is 29.1 Å². The molecule has 16 heavy (non-hydrogen) atoms. The average Bonchev–Trinajstić information content (AvgIpc) is 2.44. The highest BCUT2D eigenvalue weighted by Gasteiger charge is 2.37. The third kappa shape index (κ3) is 1.41. The molecular formula is C12H12FNO2. The van der Waals surface area contributed by atoms with Crippen LogP contribution in [0.25, 0.3) is 0 Å². The fourth-order valence-electron chi connectivity index (χ4n) is 1.96. The van der Waals surface area contributed by atoms with E-state index < -0.39 is 17.5 Å². The van der Waals surface area contributed by atoms with E-state index in [4.69, 9.17) is 0 Å². The van der Waals surface area contributed by atoms with Gasteiger partial charge in [-0.25, -0.2) is 4.39 Å². The lowest BCUT2D eigenvalue weighted by Crippen LogP contribution is -2.30. The Hall–Kier alpha value is -1.71. The smallest absolute Gasteiger partial charge is 0.299 e. The van der Waals surface area contributed by atoms with Crippen molar-refractivity contribution in [2.24, 2.45) is 0 Å². The number of nitrogens with zero attached hydrogens (tertiary/aromatic N) is 1. The van der Waals surface area contributed by atoms with E-state index in [2.05, 4.69) is 0 Å². The van der Waals surface area contributed by atoms with Crippen molar-refractivity contribution in [3.8, 4) is 0 Å². The number of Topliss-reactive ketones (excluding diaryl/α,β-unsaturated/α-hetero) is 1. The van der Waals surface area contributed by atoms with Crippen LogP contribution in [0.3, 0.4) is 0 Å². The van der Waals surface area contributed by atoms with Crippen molar-refractivity contribution in [2.75, 3.05) is 11.4 Å². The van der Waals surface area contributed by atoms with Crippen LogP contribution in [0.2, 0.25) is 0 Å². The second-order valence-electron chi connectivity index (χ2n) is 3.93. The molecule has 0 spiro atoms.